The second-order valence-corrected chi connectivity index (χ2v) is 5.22. The van der Waals surface area contributed by atoms with Crippen molar-refractivity contribution in [3.05, 3.63) is 108 Å². The third-order valence-electron chi connectivity index (χ3n) is 4.05. The minimum absolute atomic E-state index is 0. The van der Waals surface area contributed by atoms with Gasteiger partial charge < -0.3 is 0 Å². The van der Waals surface area contributed by atoms with E-state index in [2.05, 4.69) is 109 Å². The molecule has 2 heteroatoms. The monoisotopic (exact) mass is 294 g/mol. The Morgan fingerprint density at radius 1 is 0.524 bits per heavy atom. The summed E-state index contributed by atoms with van der Waals surface area (Å²) in [6.45, 7) is 0. The average molecular weight is 294 g/mol. The van der Waals surface area contributed by atoms with Crippen molar-refractivity contribution < 1.29 is 1.43 Å². The molecule has 0 unspecified atom stereocenters. The van der Waals surface area contributed by atoms with Gasteiger partial charge in [-0.3, -0.25) is 0 Å². The first kappa shape index (κ1) is 16.9. The van der Waals surface area contributed by atoms with Gasteiger partial charge in [0, 0.05) is 1.43 Å². The summed E-state index contributed by atoms with van der Waals surface area (Å²) in [6, 6.07) is 32.1. The van der Waals surface area contributed by atoms with Gasteiger partial charge in [-0.15, -0.1) is 0 Å². The normalized spacial score (nSPS) is 10.8. The molecule has 0 fully saturated rings. The maximum absolute atomic E-state index is 2.30. The van der Waals surface area contributed by atoms with Crippen molar-refractivity contribution in [2.45, 2.75) is 4.09 Å². The van der Waals surface area contributed by atoms with E-state index in [9.17, 15) is 0 Å². The predicted molar refractivity (Wildman–Crippen MR) is 95.6 cm³/mol. The molecule has 0 saturated carbocycles. The Bertz CT molecular complexity index is 575. The second kappa shape index (κ2) is 7.68. The molecule has 0 saturated heterocycles. The summed E-state index contributed by atoms with van der Waals surface area (Å²) in [5.74, 6) is 0. The Morgan fingerprint density at radius 3 is 1.00 bits per heavy atom. The van der Waals surface area contributed by atoms with Gasteiger partial charge in [0.15, 0.2) is 0 Å². The van der Waals surface area contributed by atoms with Crippen LogP contribution in [0.4, 0.5) is 0 Å². The Balaban J connectivity index is 0.00000121. The summed E-state index contributed by atoms with van der Waals surface area (Å²) in [5, 5.41) is 0. The summed E-state index contributed by atoms with van der Waals surface area (Å²) in [4.78, 5) is 0. The van der Waals surface area contributed by atoms with E-state index in [0.29, 0.717) is 0 Å². The van der Waals surface area contributed by atoms with Gasteiger partial charge >= 0.3 is 167 Å². The molecule has 3 aromatic rings. The van der Waals surface area contributed by atoms with E-state index in [4.69, 9.17) is 0 Å². The van der Waals surface area contributed by atoms with Crippen molar-refractivity contribution in [3.8, 4) is 0 Å². The van der Waals surface area contributed by atoms with E-state index >= 15 is 0 Å². The van der Waals surface area contributed by atoms with Crippen molar-refractivity contribution in [1.29, 1.82) is 0 Å². The van der Waals surface area contributed by atoms with Gasteiger partial charge in [-0.2, -0.15) is 0 Å². The zero-order chi connectivity index (χ0) is 13.8. The molecule has 3 aromatic carbocycles. The van der Waals surface area contributed by atoms with Crippen LogP contribution in [0.15, 0.2) is 91.0 Å². The molecule has 0 bridgehead atoms. The van der Waals surface area contributed by atoms with Crippen LogP contribution in [0.1, 0.15) is 18.1 Å². The molecule has 3 rings (SSSR count). The van der Waals surface area contributed by atoms with Gasteiger partial charge in [-0.05, 0) is 0 Å². The first-order valence-electron chi connectivity index (χ1n) is 6.98. The van der Waals surface area contributed by atoms with Gasteiger partial charge in [0.05, 0.1) is 0 Å². The Hall–Kier alpha value is -0.483. The van der Waals surface area contributed by atoms with Crippen molar-refractivity contribution >= 4 is 55.5 Å². The molecule has 0 nitrogen and oxygen atoms in total. The van der Waals surface area contributed by atoms with E-state index in [-0.39, 0.29) is 43.3 Å². The first-order chi connectivity index (χ1) is 9.82. The van der Waals surface area contributed by atoms with Crippen LogP contribution in [0.5, 0.6) is 0 Å². The fraction of sp³-hybridized carbons (Fsp3) is 0.0526. The number of hydrogen-bond acceptors (Lipinski definition) is 0. The molecule has 0 aliphatic heterocycles. The Kier molecular flexibility index (Phi) is 6.17. The van der Waals surface area contributed by atoms with E-state index < -0.39 is 0 Å². The Morgan fingerprint density at radius 2 is 0.762 bits per heavy atom. The van der Waals surface area contributed by atoms with E-state index in [1.54, 1.807) is 0 Å². The Labute approximate surface area is 167 Å². The van der Waals surface area contributed by atoms with Gasteiger partial charge in [0.2, 0.25) is 0 Å². The molecule has 0 aliphatic rings. The number of rotatable bonds is 3. The van der Waals surface area contributed by atoms with Crippen LogP contribution in [0.3, 0.4) is 0 Å². The molecule has 0 N–H and O–H groups in total. The third-order valence-corrected chi connectivity index (χ3v) is 4.05. The van der Waals surface area contributed by atoms with Crippen LogP contribution in [0, 0.1) is 0 Å². The summed E-state index contributed by atoms with van der Waals surface area (Å²) < 4.78 is -0.121. The molecule has 0 radical (unpaired) electrons. The van der Waals surface area contributed by atoms with Crippen LogP contribution in [-0.4, -0.2) is 55.5 Å². The topological polar surface area (TPSA) is 0 Å². The van der Waals surface area contributed by atoms with E-state index in [1.807, 2.05) is 0 Å². The van der Waals surface area contributed by atoms with Crippen molar-refractivity contribution in [1.82, 2.24) is 0 Å². The quantitative estimate of drug-likeness (QED) is 0.512. The molecule has 0 amide bonds. The minimum atomic E-state index is -0.121. The fourth-order valence-corrected chi connectivity index (χ4v) is 2.81. The zero-order valence-corrected chi connectivity index (χ0v) is 11.7. The number of benzene rings is 3. The van der Waals surface area contributed by atoms with Crippen molar-refractivity contribution in [2.75, 3.05) is 0 Å². The summed E-state index contributed by atoms with van der Waals surface area (Å²) >= 11 is 2.30. The summed E-state index contributed by atoms with van der Waals surface area (Å²) in [7, 11) is 0. The average Bonchev–Trinajstić information content (AvgIpc) is 2.56. The van der Waals surface area contributed by atoms with Gasteiger partial charge in [-0.25, -0.2) is 0 Å². The third kappa shape index (κ3) is 3.47. The zero-order valence-electron chi connectivity index (χ0n) is 11.7. The van der Waals surface area contributed by atoms with Crippen molar-refractivity contribution in [3.63, 3.8) is 0 Å². The molecular formula is C19H19CaLi. The fourth-order valence-electron chi connectivity index (χ4n) is 2.81. The van der Waals surface area contributed by atoms with Crippen LogP contribution >= 0.6 is 0 Å². The molecule has 0 atom stereocenters. The summed E-state index contributed by atoms with van der Waals surface area (Å²) in [6.07, 6.45) is 0. The van der Waals surface area contributed by atoms with Crippen molar-refractivity contribution in [2.24, 2.45) is 0 Å². The SMILES string of the molecule is [CaH2].[HH].[Li][C](c1ccccc1)(c1ccccc1)c1ccccc1. The van der Waals surface area contributed by atoms with Gasteiger partial charge in [-0.1, -0.05) is 0 Å². The standard InChI is InChI=1S/C19H15.Ca.Li.H2.2H/c1-4-10-16(11-5-1)19(17-12-6-2-7-13-17)18-14-8-3-9-15-18;;;;;/h1-15H;;;1H;;. The van der Waals surface area contributed by atoms with Crippen LogP contribution < -0.4 is 0 Å². The molecule has 0 aromatic heterocycles. The van der Waals surface area contributed by atoms with E-state index in [1.165, 1.54) is 16.7 Å². The second-order valence-electron chi connectivity index (χ2n) is 5.22. The molecular weight excluding hydrogens is 275 g/mol. The van der Waals surface area contributed by atoms with Crippen LogP contribution in [0.25, 0.3) is 0 Å². The molecule has 0 aliphatic carbocycles. The number of hydrogen-bond donors (Lipinski definition) is 0. The molecule has 21 heavy (non-hydrogen) atoms. The first-order valence-corrected chi connectivity index (χ1v) is 6.98. The van der Waals surface area contributed by atoms with Crippen LogP contribution in [-0.2, 0) is 4.09 Å². The van der Waals surface area contributed by atoms with Gasteiger partial charge in [0.1, 0.15) is 0 Å². The predicted octanol–water partition coefficient (Wildman–Crippen LogP) is 3.48. The maximum atomic E-state index is 2.30. The molecule has 0 heterocycles. The van der Waals surface area contributed by atoms with Gasteiger partial charge in [0.25, 0.3) is 0 Å². The van der Waals surface area contributed by atoms with E-state index in [0.717, 1.165) is 0 Å². The summed E-state index contributed by atoms with van der Waals surface area (Å²) in [5.41, 5.74) is 3.95. The molecule has 0 spiro atoms. The molecule has 98 valence electrons. The van der Waals surface area contributed by atoms with Crippen LogP contribution in [0.2, 0.25) is 0 Å².